The van der Waals surface area contributed by atoms with E-state index in [1.807, 2.05) is 11.8 Å². The summed E-state index contributed by atoms with van der Waals surface area (Å²) in [5, 5.41) is 0. The van der Waals surface area contributed by atoms with Crippen molar-refractivity contribution in [3.8, 4) is 0 Å². The van der Waals surface area contributed by atoms with Gasteiger partial charge in [0.15, 0.2) is 11.6 Å². The van der Waals surface area contributed by atoms with Crippen LogP contribution in [0.15, 0.2) is 6.33 Å². The molecule has 0 spiro atoms. The number of anilines is 1. The van der Waals surface area contributed by atoms with Crippen LogP contribution >= 0.6 is 11.6 Å². The molecule has 2 rings (SSSR count). The Bertz CT molecular complexity index is 382. The number of nitrogens with zero attached hydrogens (tertiary/aromatic N) is 3. The second kappa shape index (κ2) is 5.63. The number of hydrogen-bond donors (Lipinski definition) is 0. The normalized spacial score (nSPS) is 15.7. The van der Waals surface area contributed by atoms with Gasteiger partial charge in [0.2, 0.25) is 0 Å². The Morgan fingerprint density at radius 3 is 2.76 bits per heavy atom. The van der Waals surface area contributed by atoms with Crippen molar-refractivity contribution in [2.45, 2.75) is 38.6 Å². The quantitative estimate of drug-likeness (QED) is 0.760. The Kier molecular flexibility index (Phi) is 4.15. The largest absolute Gasteiger partial charge is 0.350 e. The SMILES string of the molecule is CCc1ncnc(N(CCCl)C2CCC2)c1F. The van der Waals surface area contributed by atoms with Crippen molar-refractivity contribution in [2.75, 3.05) is 17.3 Å². The first-order valence-corrected chi connectivity index (χ1v) is 6.63. The van der Waals surface area contributed by atoms with Crippen LogP contribution in [0.4, 0.5) is 10.2 Å². The minimum Gasteiger partial charge on any atom is -0.350 e. The fourth-order valence-corrected chi connectivity index (χ4v) is 2.28. The van der Waals surface area contributed by atoms with Gasteiger partial charge in [0.1, 0.15) is 6.33 Å². The lowest BCUT2D eigenvalue weighted by atomic mass is 9.91. The van der Waals surface area contributed by atoms with Crippen LogP contribution in [0.25, 0.3) is 0 Å². The fraction of sp³-hybridized carbons (Fsp3) is 0.667. The first kappa shape index (κ1) is 12.6. The molecule has 0 amide bonds. The molecule has 0 radical (unpaired) electrons. The van der Waals surface area contributed by atoms with Gasteiger partial charge in [-0.05, 0) is 25.7 Å². The van der Waals surface area contributed by atoms with Crippen molar-refractivity contribution in [3.05, 3.63) is 17.8 Å². The van der Waals surface area contributed by atoms with E-state index in [2.05, 4.69) is 9.97 Å². The molecule has 94 valence electrons. The van der Waals surface area contributed by atoms with E-state index in [9.17, 15) is 4.39 Å². The standard InChI is InChI=1S/C12H17ClFN3/c1-2-10-11(14)12(16-8-15-10)17(7-6-13)9-4-3-5-9/h8-9H,2-7H2,1H3. The third kappa shape index (κ3) is 2.51. The van der Waals surface area contributed by atoms with Gasteiger partial charge in [-0.2, -0.15) is 0 Å². The van der Waals surface area contributed by atoms with E-state index in [0.717, 1.165) is 12.8 Å². The van der Waals surface area contributed by atoms with Crippen LogP contribution in [-0.4, -0.2) is 28.4 Å². The van der Waals surface area contributed by atoms with E-state index < -0.39 is 0 Å². The van der Waals surface area contributed by atoms with Gasteiger partial charge < -0.3 is 4.90 Å². The van der Waals surface area contributed by atoms with Gasteiger partial charge in [-0.1, -0.05) is 6.92 Å². The molecule has 17 heavy (non-hydrogen) atoms. The van der Waals surface area contributed by atoms with E-state index in [1.165, 1.54) is 12.7 Å². The summed E-state index contributed by atoms with van der Waals surface area (Å²) < 4.78 is 14.2. The van der Waals surface area contributed by atoms with Crippen molar-refractivity contribution in [3.63, 3.8) is 0 Å². The molecule has 5 heteroatoms. The molecule has 1 saturated carbocycles. The fourth-order valence-electron chi connectivity index (χ4n) is 2.09. The Morgan fingerprint density at radius 1 is 1.47 bits per heavy atom. The summed E-state index contributed by atoms with van der Waals surface area (Å²) in [6, 6.07) is 0.392. The lowest BCUT2D eigenvalue weighted by Crippen LogP contribution is -2.42. The summed E-state index contributed by atoms with van der Waals surface area (Å²) in [5.74, 6) is 0.621. The van der Waals surface area contributed by atoms with Crippen LogP contribution in [0.1, 0.15) is 31.9 Å². The van der Waals surface area contributed by atoms with Crippen LogP contribution in [-0.2, 0) is 6.42 Å². The molecule has 1 aromatic rings. The lowest BCUT2D eigenvalue weighted by Gasteiger charge is -2.38. The van der Waals surface area contributed by atoms with Crippen molar-refractivity contribution in [1.29, 1.82) is 0 Å². The summed E-state index contributed by atoms with van der Waals surface area (Å²) >= 11 is 5.79. The average molecular weight is 258 g/mol. The van der Waals surface area contributed by atoms with Crippen LogP contribution < -0.4 is 4.90 Å². The topological polar surface area (TPSA) is 29.0 Å². The zero-order valence-corrected chi connectivity index (χ0v) is 10.8. The van der Waals surface area contributed by atoms with E-state index in [-0.39, 0.29) is 5.82 Å². The molecule has 1 heterocycles. The predicted molar refractivity (Wildman–Crippen MR) is 67.1 cm³/mol. The molecular formula is C12H17ClFN3. The number of rotatable bonds is 5. The molecule has 0 aliphatic heterocycles. The number of halogens is 2. The Labute approximate surface area is 106 Å². The van der Waals surface area contributed by atoms with Gasteiger partial charge in [0.25, 0.3) is 0 Å². The van der Waals surface area contributed by atoms with Gasteiger partial charge in [0, 0.05) is 18.5 Å². The molecule has 3 nitrogen and oxygen atoms in total. The highest BCUT2D eigenvalue weighted by Gasteiger charge is 2.28. The predicted octanol–water partition coefficient (Wildman–Crippen LogP) is 2.78. The first-order valence-electron chi connectivity index (χ1n) is 6.10. The summed E-state index contributed by atoms with van der Waals surface area (Å²) in [4.78, 5) is 10.0. The van der Waals surface area contributed by atoms with Crippen molar-refractivity contribution in [1.82, 2.24) is 9.97 Å². The summed E-state index contributed by atoms with van der Waals surface area (Å²) in [6.07, 6.45) is 5.43. The smallest absolute Gasteiger partial charge is 0.187 e. The highest BCUT2D eigenvalue weighted by Crippen LogP contribution is 2.30. The summed E-state index contributed by atoms with van der Waals surface area (Å²) in [6.45, 7) is 2.54. The van der Waals surface area contributed by atoms with Crippen molar-refractivity contribution in [2.24, 2.45) is 0 Å². The molecule has 1 aliphatic carbocycles. The molecule has 1 aliphatic rings. The second-order valence-corrected chi connectivity index (χ2v) is 4.66. The van der Waals surface area contributed by atoms with E-state index >= 15 is 0 Å². The van der Waals surface area contributed by atoms with Crippen LogP contribution in [0, 0.1) is 5.82 Å². The number of aromatic nitrogens is 2. The Morgan fingerprint density at radius 2 is 2.24 bits per heavy atom. The third-order valence-electron chi connectivity index (χ3n) is 3.29. The minimum absolute atomic E-state index is 0.285. The van der Waals surface area contributed by atoms with Crippen molar-refractivity contribution < 1.29 is 4.39 Å². The zero-order chi connectivity index (χ0) is 12.3. The highest BCUT2D eigenvalue weighted by atomic mass is 35.5. The molecule has 1 fully saturated rings. The minimum atomic E-state index is -0.285. The monoisotopic (exact) mass is 257 g/mol. The van der Waals surface area contributed by atoms with E-state index in [0.29, 0.717) is 36.4 Å². The number of alkyl halides is 1. The zero-order valence-electron chi connectivity index (χ0n) is 9.99. The molecule has 0 aromatic carbocycles. The first-order chi connectivity index (χ1) is 8.27. The highest BCUT2D eigenvalue weighted by molar-refractivity contribution is 6.18. The Hall–Kier alpha value is -0.900. The lowest BCUT2D eigenvalue weighted by molar-refractivity contribution is 0.384. The maximum absolute atomic E-state index is 14.2. The second-order valence-electron chi connectivity index (χ2n) is 4.28. The molecule has 0 atom stereocenters. The van der Waals surface area contributed by atoms with Gasteiger partial charge in [0.05, 0.1) is 5.69 Å². The van der Waals surface area contributed by atoms with Gasteiger partial charge in [-0.15, -0.1) is 11.6 Å². The molecule has 1 aromatic heterocycles. The number of hydrogen-bond acceptors (Lipinski definition) is 3. The molecule has 0 saturated heterocycles. The maximum Gasteiger partial charge on any atom is 0.187 e. The van der Waals surface area contributed by atoms with Crippen LogP contribution in [0.3, 0.4) is 0 Å². The molecule has 0 N–H and O–H groups in total. The average Bonchev–Trinajstić information content (AvgIpc) is 2.26. The maximum atomic E-state index is 14.2. The van der Waals surface area contributed by atoms with Crippen molar-refractivity contribution >= 4 is 17.4 Å². The summed E-state index contributed by atoms with van der Waals surface area (Å²) in [7, 11) is 0. The number of aryl methyl sites for hydroxylation is 1. The van der Waals surface area contributed by atoms with Crippen LogP contribution in [0.5, 0.6) is 0 Å². The molecule has 0 bridgehead atoms. The van der Waals surface area contributed by atoms with Gasteiger partial charge >= 0.3 is 0 Å². The summed E-state index contributed by atoms with van der Waals surface area (Å²) in [5.41, 5.74) is 0.480. The van der Waals surface area contributed by atoms with E-state index in [4.69, 9.17) is 11.6 Å². The third-order valence-corrected chi connectivity index (χ3v) is 3.46. The van der Waals surface area contributed by atoms with Gasteiger partial charge in [-0.25, -0.2) is 14.4 Å². The molecule has 0 unspecified atom stereocenters. The van der Waals surface area contributed by atoms with E-state index in [1.54, 1.807) is 0 Å². The van der Waals surface area contributed by atoms with Crippen LogP contribution in [0.2, 0.25) is 0 Å². The molecular weight excluding hydrogens is 241 g/mol. The van der Waals surface area contributed by atoms with Gasteiger partial charge in [-0.3, -0.25) is 0 Å². The Balaban J connectivity index is 2.28.